The van der Waals surface area contributed by atoms with E-state index in [1.165, 1.54) is 23.9 Å². The first-order valence-electron chi connectivity index (χ1n) is 10.5. The first kappa shape index (κ1) is 24.3. The number of carbonyl (C=O) groups is 1. The van der Waals surface area contributed by atoms with Gasteiger partial charge in [-0.2, -0.15) is 0 Å². The van der Waals surface area contributed by atoms with Crippen molar-refractivity contribution in [3.05, 3.63) is 72.8 Å². The average Bonchev–Trinajstić information content (AvgIpc) is 3.21. The van der Waals surface area contributed by atoms with Gasteiger partial charge in [-0.3, -0.25) is 9.36 Å². The summed E-state index contributed by atoms with van der Waals surface area (Å²) in [5.74, 6) is 1.15. The number of amides is 1. The smallest absolute Gasteiger partial charge is 0.238 e. The van der Waals surface area contributed by atoms with Gasteiger partial charge in [-0.25, -0.2) is 4.39 Å². The van der Waals surface area contributed by atoms with Crippen LogP contribution in [0, 0.1) is 5.82 Å². The van der Waals surface area contributed by atoms with Gasteiger partial charge in [0.2, 0.25) is 5.91 Å². The van der Waals surface area contributed by atoms with Gasteiger partial charge in [0, 0.05) is 12.6 Å². The van der Waals surface area contributed by atoms with Crippen LogP contribution >= 0.6 is 11.8 Å². The number of ether oxygens (including phenoxy) is 2. The fraction of sp³-hybridized carbons (Fsp3) is 0.292. The zero-order chi connectivity index (χ0) is 23.8. The van der Waals surface area contributed by atoms with E-state index >= 15 is 0 Å². The quantitative estimate of drug-likeness (QED) is 0.304. The van der Waals surface area contributed by atoms with E-state index in [9.17, 15) is 9.18 Å². The minimum Gasteiger partial charge on any atom is -0.497 e. The number of anilines is 1. The van der Waals surface area contributed by atoms with Crippen molar-refractivity contribution >= 4 is 23.4 Å². The SMILES string of the molecule is C=CCn1c(SC(CC)C(=O)Nc2ccccc2F)nnc1C(C)Oc1cccc(OC)c1. The Morgan fingerprint density at radius 3 is 2.70 bits per heavy atom. The molecule has 2 aromatic carbocycles. The maximum absolute atomic E-state index is 13.9. The molecule has 0 radical (unpaired) electrons. The number of rotatable bonds is 11. The van der Waals surface area contributed by atoms with Gasteiger partial charge in [-0.05, 0) is 37.6 Å². The minimum atomic E-state index is -0.486. The molecule has 1 aromatic heterocycles. The molecular formula is C24H27FN4O3S. The Morgan fingerprint density at radius 1 is 1.24 bits per heavy atom. The van der Waals surface area contributed by atoms with E-state index < -0.39 is 17.2 Å². The van der Waals surface area contributed by atoms with Crippen molar-refractivity contribution in [2.75, 3.05) is 12.4 Å². The van der Waals surface area contributed by atoms with Gasteiger partial charge in [0.05, 0.1) is 18.0 Å². The number of halogens is 1. The lowest BCUT2D eigenvalue weighted by atomic mass is 10.2. The van der Waals surface area contributed by atoms with E-state index in [1.807, 2.05) is 36.6 Å². The lowest BCUT2D eigenvalue weighted by molar-refractivity contribution is -0.115. The lowest BCUT2D eigenvalue weighted by Gasteiger charge is -2.18. The molecule has 1 N–H and O–H groups in total. The molecule has 0 saturated carbocycles. The standard InChI is InChI=1S/C24H27FN4O3S/c1-5-14-29-22(16(3)32-18-11-9-10-17(15-18)31-4)27-28-24(29)33-21(6-2)23(30)26-20-13-8-7-12-19(20)25/h5,7-13,15-16,21H,1,6,14H2,2-4H3,(H,26,30). The highest BCUT2D eigenvalue weighted by Gasteiger charge is 2.25. The van der Waals surface area contributed by atoms with Crippen LogP contribution in [0.1, 0.15) is 32.2 Å². The second-order valence-corrected chi connectivity index (χ2v) is 8.33. The Bertz CT molecular complexity index is 1100. The summed E-state index contributed by atoms with van der Waals surface area (Å²) in [7, 11) is 1.60. The highest BCUT2D eigenvalue weighted by atomic mass is 32.2. The molecule has 0 spiro atoms. The molecule has 2 atom stereocenters. The maximum atomic E-state index is 13.9. The predicted molar refractivity (Wildman–Crippen MR) is 127 cm³/mol. The van der Waals surface area contributed by atoms with Crippen molar-refractivity contribution in [2.24, 2.45) is 0 Å². The fourth-order valence-electron chi connectivity index (χ4n) is 3.15. The zero-order valence-corrected chi connectivity index (χ0v) is 19.6. The summed E-state index contributed by atoms with van der Waals surface area (Å²) in [5.41, 5.74) is 0.148. The number of hydrogen-bond acceptors (Lipinski definition) is 6. The summed E-state index contributed by atoms with van der Waals surface area (Å²) in [6, 6.07) is 13.4. The van der Waals surface area contributed by atoms with Crippen LogP contribution in [-0.4, -0.2) is 33.0 Å². The van der Waals surface area contributed by atoms with Crippen molar-refractivity contribution in [2.45, 2.75) is 43.3 Å². The number of thioether (sulfide) groups is 1. The zero-order valence-electron chi connectivity index (χ0n) is 18.8. The third-order valence-corrected chi connectivity index (χ3v) is 6.16. The molecule has 3 aromatic rings. The summed E-state index contributed by atoms with van der Waals surface area (Å²) in [6.45, 7) is 8.03. The van der Waals surface area contributed by atoms with Gasteiger partial charge < -0.3 is 14.8 Å². The summed E-state index contributed by atoms with van der Waals surface area (Å²) in [4.78, 5) is 12.8. The van der Waals surface area contributed by atoms with Crippen LogP contribution in [-0.2, 0) is 11.3 Å². The average molecular weight is 471 g/mol. The molecule has 0 fully saturated rings. The maximum Gasteiger partial charge on any atom is 0.238 e. The number of nitrogens with one attached hydrogen (secondary N) is 1. The Balaban J connectivity index is 1.77. The van der Waals surface area contributed by atoms with Crippen LogP contribution in [0.25, 0.3) is 0 Å². The summed E-state index contributed by atoms with van der Waals surface area (Å²) < 4.78 is 27.1. The molecule has 0 saturated heterocycles. The molecule has 1 amide bonds. The number of benzene rings is 2. The van der Waals surface area contributed by atoms with E-state index in [2.05, 4.69) is 22.1 Å². The highest BCUT2D eigenvalue weighted by Crippen LogP contribution is 2.30. The number of methoxy groups -OCH3 is 1. The third kappa shape index (κ3) is 6.13. The van der Waals surface area contributed by atoms with Crippen LogP contribution in [0.3, 0.4) is 0 Å². The molecular weight excluding hydrogens is 443 g/mol. The van der Waals surface area contributed by atoms with E-state index in [1.54, 1.807) is 31.4 Å². The number of carbonyl (C=O) groups excluding carboxylic acids is 1. The van der Waals surface area contributed by atoms with Crippen LogP contribution in [0.5, 0.6) is 11.5 Å². The Morgan fingerprint density at radius 2 is 2.00 bits per heavy atom. The van der Waals surface area contributed by atoms with E-state index in [0.717, 1.165) is 0 Å². The molecule has 0 bridgehead atoms. The third-order valence-electron chi connectivity index (χ3n) is 4.82. The summed E-state index contributed by atoms with van der Waals surface area (Å²) in [6.07, 6.45) is 1.85. The van der Waals surface area contributed by atoms with Gasteiger partial charge in [-0.1, -0.05) is 43.0 Å². The van der Waals surface area contributed by atoms with E-state index in [-0.39, 0.29) is 11.6 Å². The van der Waals surface area contributed by atoms with Gasteiger partial charge in [0.25, 0.3) is 0 Å². The summed E-state index contributed by atoms with van der Waals surface area (Å²) >= 11 is 1.27. The number of allylic oxidation sites excluding steroid dienone is 1. The monoisotopic (exact) mass is 470 g/mol. The summed E-state index contributed by atoms with van der Waals surface area (Å²) in [5, 5.41) is 11.3. The molecule has 174 valence electrons. The molecule has 7 nitrogen and oxygen atoms in total. The number of para-hydroxylation sites is 1. The second-order valence-electron chi connectivity index (χ2n) is 7.16. The van der Waals surface area contributed by atoms with Crippen LogP contribution in [0.4, 0.5) is 10.1 Å². The van der Waals surface area contributed by atoms with Gasteiger partial charge in [0.15, 0.2) is 17.1 Å². The largest absolute Gasteiger partial charge is 0.497 e. The molecule has 0 aliphatic carbocycles. The first-order valence-corrected chi connectivity index (χ1v) is 11.4. The van der Waals surface area contributed by atoms with Crippen molar-refractivity contribution in [1.82, 2.24) is 14.8 Å². The Labute approximate surface area is 197 Å². The lowest BCUT2D eigenvalue weighted by Crippen LogP contribution is -2.25. The van der Waals surface area contributed by atoms with Crippen molar-refractivity contribution in [1.29, 1.82) is 0 Å². The molecule has 33 heavy (non-hydrogen) atoms. The van der Waals surface area contributed by atoms with Crippen LogP contribution < -0.4 is 14.8 Å². The Hall–Kier alpha value is -3.33. The van der Waals surface area contributed by atoms with Gasteiger partial charge in [0.1, 0.15) is 17.3 Å². The van der Waals surface area contributed by atoms with Crippen molar-refractivity contribution in [3.63, 3.8) is 0 Å². The number of nitrogens with zero attached hydrogens (tertiary/aromatic N) is 3. The molecule has 2 unspecified atom stereocenters. The molecule has 9 heteroatoms. The molecule has 3 rings (SSSR count). The molecule has 1 heterocycles. The van der Waals surface area contributed by atoms with Gasteiger partial charge in [-0.15, -0.1) is 16.8 Å². The van der Waals surface area contributed by atoms with Crippen molar-refractivity contribution < 1.29 is 18.7 Å². The molecule has 0 aliphatic heterocycles. The van der Waals surface area contributed by atoms with Crippen LogP contribution in [0.2, 0.25) is 0 Å². The fourth-order valence-corrected chi connectivity index (χ4v) is 4.12. The minimum absolute atomic E-state index is 0.148. The normalized spacial score (nSPS) is 12.6. The topological polar surface area (TPSA) is 78.3 Å². The highest BCUT2D eigenvalue weighted by molar-refractivity contribution is 8.00. The number of aromatic nitrogens is 3. The van der Waals surface area contributed by atoms with Crippen LogP contribution in [0.15, 0.2) is 66.3 Å². The van der Waals surface area contributed by atoms with Crippen molar-refractivity contribution in [3.8, 4) is 11.5 Å². The second kappa shape index (κ2) is 11.5. The predicted octanol–water partition coefficient (Wildman–Crippen LogP) is 5.26. The van der Waals surface area contributed by atoms with E-state index in [4.69, 9.17) is 9.47 Å². The van der Waals surface area contributed by atoms with Gasteiger partial charge >= 0.3 is 0 Å². The Kier molecular flexibility index (Phi) is 8.48. The first-order chi connectivity index (χ1) is 16.0. The number of hydrogen-bond donors (Lipinski definition) is 1. The molecule has 0 aliphatic rings. The van der Waals surface area contributed by atoms with E-state index in [0.29, 0.717) is 35.4 Å².